The first kappa shape index (κ1) is 27.5. The zero-order chi connectivity index (χ0) is 24.0. The van der Waals surface area contributed by atoms with Gasteiger partial charge < -0.3 is 9.47 Å². The predicted molar refractivity (Wildman–Crippen MR) is 123 cm³/mol. The summed E-state index contributed by atoms with van der Waals surface area (Å²) in [6.45, 7) is 6.73. The van der Waals surface area contributed by atoms with Gasteiger partial charge in [-0.2, -0.15) is 0 Å². The van der Waals surface area contributed by atoms with E-state index in [2.05, 4.69) is 6.92 Å². The Morgan fingerprint density at radius 3 is 1.78 bits per heavy atom. The summed E-state index contributed by atoms with van der Waals surface area (Å²) in [7, 11) is 0. The monoisotopic (exact) mass is 446 g/mol. The summed E-state index contributed by atoms with van der Waals surface area (Å²) in [6, 6.07) is 7.23. The highest BCUT2D eigenvalue weighted by atomic mass is 16.6. The van der Waals surface area contributed by atoms with Crippen molar-refractivity contribution < 1.29 is 28.7 Å². The van der Waals surface area contributed by atoms with E-state index < -0.39 is 41.8 Å². The third-order valence-electron chi connectivity index (χ3n) is 5.44. The van der Waals surface area contributed by atoms with Crippen LogP contribution in [0.4, 0.5) is 0 Å². The van der Waals surface area contributed by atoms with Gasteiger partial charge in [0.1, 0.15) is 5.78 Å². The van der Waals surface area contributed by atoms with Crippen molar-refractivity contribution in [3.8, 4) is 0 Å². The van der Waals surface area contributed by atoms with Crippen molar-refractivity contribution in [2.45, 2.75) is 85.5 Å². The highest BCUT2D eigenvalue weighted by Crippen LogP contribution is 2.33. The molecule has 0 aliphatic rings. The Hall–Kier alpha value is -2.50. The average molecular weight is 447 g/mol. The maximum absolute atomic E-state index is 13.0. The highest BCUT2D eigenvalue weighted by molar-refractivity contribution is 6.09. The minimum Gasteiger partial charge on any atom is -0.465 e. The van der Waals surface area contributed by atoms with Crippen LogP contribution >= 0.6 is 0 Å². The van der Waals surface area contributed by atoms with Gasteiger partial charge in [-0.3, -0.25) is 19.2 Å². The second-order valence-electron chi connectivity index (χ2n) is 8.22. The standard InChI is InChI=1S/C26H38O6/c1-5-8-9-10-11-12-13-21-14-16-22(17-15-21)23(28)19-26(18-20(4)27,24(29)31-6-2)25(30)32-7-3/h14-17H,5-13,18-19H2,1-4H3. The summed E-state index contributed by atoms with van der Waals surface area (Å²) in [5.41, 5.74) is -0.437. The van der Waals surface area contributed by atoms with Crippen molar-refractivity contribution >= 4 is 23.5 Å². The molecule has 178 valence electrons. The fourth-order valence-electron chi connectivity index (χ4n) is 3.74. The van der Waals surface area contributed by atoms with Crippen molar-refractivity contribution in [2.75, 3.05) is 13.2 Å². The van der Waals surface area contributed by atoms with Crippen molar-refractivity contribution in [1.29, 1.82) is 0 Å². The van der Waals surface area contributed by atoms with Crippen LogP contribution in [0.3, 0.4) is 0 Å². The maximum Gasteiger partial charge on any atom is 0.324 e. The summed E-state index contributed by atoms with van der Waals surface area (Å²) >= 11 is 0. The highest BCUT2D eigenvalue weighted by Gasteiger charge is 2.51. The van der Waals surface area contributed by atoms with E-state index in [1.54, 1.807) is 26.0 Å². The second kappa shape index (κ2) is 14.5. The molecule has 0 amide bonds. The van der Waals surface area contributed by atoms with Gasteiger partial charge in [-0.15, -0.1) is 0 Å². The summed E-state index contributed by atoms with van der Waals surface area (Å²) < 4.78 is 10.1. The molecule has 6 nitrogen and oxygen atoms in total. The number of carbonyl (C=O) groups is 4. The van der Waals surface area contributed by atoms with E-state index in [1.807, 2.05) is 12.1 Å². The summed E-state index contributed by atoms with van der Waals surface area (Å²) in [4.78, 5) is 50.3. The Morgan fingerprint density at radius 1 is 0.750 bits per heavy atom. The number of esters is 2. The second-order valence-corrected chi connectivity index (χ2v) is 8.22. The van der Waals surface area contributed by atoms with Gasteiger partial charge in [0.25, 0.3) is 0 Å². The van der Waals surface area contributed by atoms with Crippen LogP contribution in [0.5, 0.6) is 0 Å². The van der Waals surface area contributed by atoms with E-state index >= 15 is 0 Å². The Bertz CT molecular complexity index is 732. The molecule has 6 heteroatoms. The normalized spacial score (nSPS) is 11.1. The topological polar surface area (TPSA) is 86.7 Å². The number of rotatable bonds is 16. The van der Waals surface area contributed by atoms with Crippen LogP contribution in [0.1, 0.15) is 95.0 Å². The van der Waals surface area contributed by atoms with Crippen LogP contribution in [0.15, 0.2) is 24.3 Å². The maximum atomic E-state index is 13.0. The lowest BCUT2D eigenvalue weighted by Gasteiger charge is -2.27. The van der Waals surface area contributed by atoms with Crippen LogP contribution < -0.4 is 0 Å². The number of hydrogen-bond acceptors (Lipinski definition) is 6. The number of unbranched alkanes of at least 4 members (excludes halogenated alkanes) is 5. The molecule has 0 radical (unpaired) electrons. The van der Waals surface area contributed by atoms with Crippen molar-refractivity contribution in [3.63, 3.8) is 0 Å². The molecule has 1 aromatic carbocycles. The van der Waals surface area contributed by atoms with E-state index in [4.69, 9.17) is 9.47 Å². The molecule has 0 saturated carbocycles. The molecular weight excluding hydrogens is 408 g/mol. The van der Waals surface area contributed by atoms with Gasteiger partial charge in [-0.05, 0) is 39.2 Å². The minimum atomic E-state index is -1.97. The SMILES string of the molecule is CCCCCCCCc1ccc(C(=O)CC(CC(C)=O)(C(=O)OCC)C(=O)OCC)cc1. The Morgan fingerprint density at radius 2 is 1.28 bits per heavy atom. The van der Waals surface area contributed by atoms with Gasteiger partial charge in [0.15, 0.2) is 11.2 Å². The van der Waals surface area contributed by atoms with E-state index in [0.29, 0.717) is 5.56 Å². The van der Waals surface area contributed by atoms with Gasteiger partial charge in [0, 0.05) is 18.4 Å². The van der Waals surface area contributed by atoms with Gasteiger partial charge in [-0.1, -0.05) is 63.3 Å². The van der Waals surface area contributed by atoms with Crippen molar-refractivity contribution in [2.24, 2.45) is 5.41 Å². The molecule has 0 aromatic heterocycles. The van der Waals surface area contributed by atoms with Crippen LogP contribution in [0.25, 0.3) is 0 Å². The van der Waals surface area contributed by atoms with Gasteiger partial charge in [0.05, 0.1) is 13.2 Å². The van der Waals surface area contributed by atoms with Gasteiger partial charge in [0.2, 0.25) is 0 Å². The molecule has 0 heterocycles. The zero-order valence-electron chi connectivity index (χ0n) is 20.0. The smallest absolute Gasteiger partial charge is 0.324 e. The van der Waals surface area contributed by atoms with Crippen LogP contribution in [0.2, 0.25) is 0 Å². The van der Waals surface area contributed by atoms with E-state index in [0.717, 1.165) is 18.4 Å². The number of hydrogen-bond donors (Lipinski definition) is 0. The molecule has 0 aliphatic heterocycles. The minimum absolute atomic E-state index is 0.0270. The molecule has 0 fully saturated rings. The lowest BCUT2D eigenvalue weighted by Crippen LogP contribution is -2.45. The molecule has 0 saturated heterocycles. The van der Waals surface area contributed by atoms with E-state index in [9.17, 15) is 19.2 Å². The Labute approximate surface area is 192 Å². The Balaban J connectivity index is 2.93. The zero-order valence-corrected chi connectivity index (χ0v) is 20.0. The lowest BCUT2D eigenvalue weighted by atomic mass is 9.77. The van der Waals surface area contributed by atoms with Crippen LogP contribution in [-0.2, 0) is 30.3 Å². The first-order valence-corrected chi connectivity index (χ1v) is 11.8. The molecule has 1 rings (SSSR count). The van der Waals surface area contributed by atoms with Gasteiger partial charge in [-0.25, -0.2) is 0 Å². The number of ketones is 2. The van der Waals surface area contributed by atoms with Crippen molar-refractivity contribution in [3.05, 3.63) is 35.4 Å². The summed E-state index contributed by atoms with van der Waals surface area (Å²) in [5, 5.41) is 0. The molecule has 1 aromatic rings. The molecule has 0 unspecified atom stereocenters. The molecule has 0 N–H and O–H groups in total. The fourth-order valence-corrected chi connectivity index (χ4v) is 3.74. The predicted octanol–water partition coefficient (Wildman–Crippen LogP) is 5.25. The number of benzene rings is 1. The molecule has 32 heavy (non-hydrogen) atoms. The first-order chi connectivity index (χ1) is 15.3. The third-order valence-corrected chi connectivity index (χ3v) is 5.44. The average Bonchev–Trinajstić information content (AvgIpc) is 2.76. The van der Waals surface area contributed by atoms with E-state index in [-0.39, 0.29) is 13.2 Å². The lowest BCUT2D eigenvalue weighted by molar-refractivity contribution is -0.173. The molecule has 0 spiro atoms. The quantitative estimate of drug-likeness (QED) is 0.149. The first-order valence-electron chi connectivity index (χ1n) is 11.8. The number of carbonyl (C=O) groups excluding carboxylic acids is 4. The number of Topliss-reactive ketones (excluding diaryl/α,β-unsaturated/α-hetero) is 2. The molecule has 0 atom stereocenters. The molecular formula is C26H38O6. The number of aryl methyl sites for hydroxylation is 1. The van der Waals surface area contributed by atoms with Crippen LogP contribution in [-0.4, -0.2) is 36.7 Å². The number of ether oxygens (including phenoxy) is 2. The fraction of sp³-hybridized carbons (Fsp3) is 0.615. The summed E-state index contributed by atoms with van der Waals surface area (Å²) in [5.74, 6) is -2.60. The molecule has 0 aliphatic carbocycles. The van der Waals surface area contributed by atoms with Crippen molar-refractivity contribution in [1.82, 2.24) is 0 Å². The third kappa shape index (κ3) is 8.56. The van der Waals surface area contributed by atoms with Gasteiger partial charge >= 0.3 is 11.9 Å². The summed E-state index contributed by atoms with van der Waals surface area (Å²) in [6.07, 6.45) is 7.35. The van der Waals surface area contributed by atoms with Crippen LogP contribution in [0, 0.1) is 5.41 Å². The Kier molecular flexibility index (Phi) is 12.5. The largest absolute Gasteiger partial charge is 0.465 e. The molecule has 0 bridgehead atoms. The van der Waals surface area contributed by atoms with E-state index in [1.165, 1.54) is 39.0 Å².